The smallest absolute Gasteiger partial charge is 0.264 e. The van der Waals surface area contributed by atoms with E-state index in [-0.39, 0.29) is 11.5 Å². The molecule has 0 bridgehead atoms. The number of nitrogens with zero attached hydrogens (tertiary/aromatic N) is 1. The van der Waals surface area contributed by atoms with Crippen molar-refractivity contribution in [2.45, 2.75) is 19.4 Å². The minimum absolute atomic E-state index is 0.171. The molecular weight excluding hydrogens is 270 g/mol. The summed E-state index contributed by atoms with van der Waals surface area (Å²) >= 11 is 0. The molecule has 0 fully saturated rings. The highest BCUT2D eigenvalue weighted by molar-refractivity contribution is 5.94. The minimum atomic E-state index is -0.453. The van der Waals surface area contributed by atoms with Crippen molar-refractivity contribution >= 4 is 11.6 Å². The lowest BCUT2D eigenvalue weighted by Gasteiger charge is -2.13. The van der Waals surface area contributed by atoms with Gasteiger partial charge in [-0.25, -0.2) is 5.10 Å². The summed E-state index contributed by atoms with van der Waals surface area (Å²) in [6.07, 6.45) is 0.160. The van der Waals surface area contributed by atoms with Gasteiger partial charge < -0.3 is 10.1 Å². The molecule has 0 radical (unpaired) electrons. The van der Waals surface area contributed by atoms with Gasteiger partial charge in [-0.2, -0.15) is 5.10 Å². The zero-order valence-corrected chi connectivity index (χ0v) is 11.9. The highest BCUT2D eigenvalue weighted by Crippen LogP contribution is 2.18. The number of benzene rings is 1. The van der Waals surface area contributed by atoms with E-state index in [1.165, 1.54) is 13.2 Å². The second-order valence-corrected chi connectivity index (χ2v) is 4.51. The van der Waals surface area contributed by atoms with E-state index in [0.717, 1.165) is 5.56 Å². The Balaban J connectivity index is 2.10. The number of aromatic amines is 1. The molecule has 21 heavy (non-hydrogen) atoms. The quantitative estimate of drug-likeness (QED) is 0.878. The van der Waals surface area contributed by atoms with Gasteiger partial charge in [-0.15, -0.1) is 0 Å². The summed E-state index contributed by atoms with van der Waals surface area (Å²) in [7, 11) is 1.51. The fraction of sp³-hybridized carbons (Fsp3) is 0.267. The van der Waals surface area contributed by atoms with Crippen LogP contribution < -0.4 is 10.9 Å². The van der Waals surface area contributed by atoms with Crippen molar-refractivity contribution in [1.82, 2.24) is 10.2 Å². The van der Waals surface area contributed by atoms with Crippen LogP contribution in [0.25, 0.3) is 11.3 Å². The highest BCUT2D eigenvalue weighted by atomic mass is 16.5. The molecule has 1 aromatic heterocycles. The normalized spacial score (nSPS) is 11.9. The summed E-state index contributed by atoms with van der Waals surface area (Å²) in [5, 5.41) is 9.12. The molecule has 1 heterocycles. The summed E-state index contributed by atoms with van der Waals surface area (Å²) in [4.78, 5) is 22.9. The molecule has 0 spiro atoms. The number of methoxy groups -OCH3 is 1. The van der Waals surface area contributed by atoms with Crippen LogP contribution in [0.5, 0.6) is 0 Å². The number of anilines is 1. The second kappa shape index (κ2) is 6.81. The van der Waals surface area contributed by atoms with Crippen molar-refractivity contribution in [3.63, 3.8) is 0 Å². The van der Waals surface area contributed by atoms with Crippen LogP contribution in [0, 0.1) is 0 Å². The molecule has 0 aliphatic rings. The third-order valence-electron chi connectivity index (χ3n) is 3.08. The standard InChI is InChI=1S/C15H17N3O3/c1-3-13(21-2)15(20)16-11-6-4-10(5-7-11)12-8-9-14(19)18-17-12/h4-9,13H,3H2,1-2H3,(H,16,20)(H,18,19). The van der Waals surface area contributed by atoms with Crippen LogP contribution in [0.1, 0.15) is 13.3 Å². The van der Waals surface area contributed by atoms with Crippen LogP contribution in [0.3, 0.4) is 0 Å². The van der Waals surface area contributed by atoms with Crippen LogP contribution in [-0.4, -0.2) is 29.3 Å². The van der Waals surface area contributed by atoms with E-state index < -0.39 is 6.10 Å². The molecule has 6 heteroatoms. The van der Waals surface area contributed by atoms with Gasteiger partial charge in [0.1, 0.15) is 6.10 Å². The van der Waals surface area contributed by atoms with Crippen LogP contribution >= 0.6 is 0 Å². The molecule has 0 aliphatic carbocycles. The Labute approximate surface area is 122 Å². The fourth-order valence-electron chi connectivity index (χ4n) is 1.91. The summed E-state index contributed by atoms with van der Waals surface area (Å²) in [5.74, 6) is -0.171. The molecule has 0 saturated carbocycles. The number of amides is 1. The van der Waals surface area contributed by atoms with Gasteiger partial charge in [0.15, 0.2) is 0 Å². The van der Waals surface area contributed by atoms with Crippen LogP contribution in [0.15, 0.2) is 41.2 Å². The molecule has 1 amide bonds. The maximum atomic E-state index is 11.9. The SMILES string of the molecule is CCC(OC)C(=O)Nc1ccc(-c2ccc(=O)[nH]n2)cc1. The van der Waals surface area contributed by atoms with Gasteiger partial charge in [0, 0.05) is 24.4 Å². The number of H-pyrrole nitrogens is 1. The van der Waals surface area contributed by atoms with E-state index in [1.54, 1.807) is 18.2 Å². The Morgan fingerprint density at radius 1 is 1.29 bits per heavy atom. The number of carbonyl (C=O) groups is 1. The molecular formula is C15H17N3O3. The minimum Gasteiger partial charge on any atom is -0.372 e. The molecule has 2 rings (SSSR count). The highest BCUT2D eigenvalue weighted by Gasteiger charge is 2.15. The predicted octanol–water partition coefficient (Wildman–Crippen LogP) is 1.80. The number of aromatic nitrogens is 2. The first-order valence-electron chi connectivity index (χ1n) is 6.64. The zero-order valence-electron chi connectivity index (χ0n) is 11.9. The number of nitrogens with one attached hydrogen (secondary N) is 2. The molecule has 1 unspecified atom stereocenters. The van der Waals surface area contributed by atoms with Crippen molar-refractivity contribution in [2.24, 2.45) is 0 Å². The van der Waals surface area contributed by atoms with Gasteiger partial charge in [-0.1, -0.05) is 19.1 Å². The Bertz CT molecular complexity index is 640. The number of ether oxygens (including phenoxy) is 1. The summed E-state index contributed by atoms with van der Waals surface area (Å²) in [6.45, 7) is 1.89. The molecule has 1 aromatic carbocycles. The van der Waals surface area contributed by atoms with E-state index in [0.29, 0.717) is 17.8 Å². The molecule has 6 nitrogen and oxygen atoms in total. The Kier molecular flexibility index (Phi) is 4.84. The molecule has 0 aliphatic heterocycles. The summed E-state index contributed by atoms with van der Waals surface area (Å²) in [6, 6.07) is 10.3. The van der Waals surface area contributed by atoms with Crippen LogP contribution in [-0.2, 0) is 9.53 Å². The van der Waals surface area contributed by atoms with Gasteiger partial charge in [-0.05, 0) is 24.6 Å². The molecule has 0 saturated heterocycles. The van der Waals surface area contributed by atoms with Crippen molar-refractivity contribution < 1.29 is 9.53 Å². The zero-order chi connectivity index (χ0) is 15.2. The molecule has 2 aromatic rings. The van der Waals surface area contributed by atoms with Crippen LogP contribution in [0.4, 0.5) is 5.69 Å². The topological polar surface area (TPSA) is 84.1 Å². The lowest BCUT2D eigenvalue weighted by molar-refractivity contribution is -0.125. The average Bonchev–Trinajstić information content (AvgIpc) is 2.50. The number of hydrogen-bond donors (Lipinski definition) is 2. The lowest BCUT2D eigenvalue weighted by Crippen LogP contribution is -2.28. The van der Waals surface area contributed by atoms with Crippen molar-refractivity contribution in [1.29, 1.82) is 0 Å². The van der Waals surface area contributed by atoms with Gasteiger partial charge in [0.05, 0.1) is 5.69 Å². The van der Waals surface area contributed by atoms with E-state index in [9.17, 15) is 9.59 Å². The van der Waals surface area contributed by atoms with Gasteiger partial charge in [-0.3, -0.25) is 9.59 Å². The van der Waals surface area contributed by atoms with Crippen LogP contribution in [0.2, 0.25) is 0 Å². The Hall–Kier alpha value is -2.47. The third-order valence-corrected chi connectivity index (χ3v) is 3.08. The van der Waals surface area contributed by atoms with Gasteiger partial charge >= 0.3 is 0 Å². The Morgan fingerprint density at radius 3 is 2.52 bits per heavy atom. The number of hydrogen-bond acceptors (Lipinski definition) is 4. The number of carbonyl (C=O) groups excluding carboxylic acids is 1. The first kappa shape index (κ1) is 14.9. The van der Waals surface area contributed by atoms with E-state index in [2.05, 4.69) is 15.5 Å². The van der Waals surface area contributed by atoms with Crippen molar-refractivity contribution in [2.75, 3.05) is 12.4 Å². The third kappa shape index (κ3) is 3.76. The maximum Gasteiger partial charge on any atom is 0.264 e. The van der Waals surface area contributed by atoms with Crippen molar-refractivity contribution in [3.8, 4) is 11.3 Å². The largest absolute Gasteiger partial charge is 0.372 e. The second-order valence-electron chi connectivity index (χ2n) is 4.51. The molecule has 1 atom stereocenters. The van der Waals surface area contributed by atoms with Crippen molar-refractivity contribution in [3.05, 3.63) is 46.8 Å². The molecule has 2 N–H and O–H groups in total. The average molecular weight is 287 g/mol. The van der Waals surface area contributed by atoms with E-state index in [4.69, 9.17) is 4.74 Å². The summed E-state index contributed by atoms with van der Waals surface area (Å²) in [5.41, 5.74) is 1.95. The Morgan fingerprint density at radius 2 is 2.00 bits per heavy atom. The first-order valence-corrected chi connectivity index (χ1v) is 6.64. The van der Waals surface area contributed by atoms with Gasteiger partial charge in [0.2, 0.25) is 0 Å². The maximum absolute atomic E-state index is 11.9. The number of rotatable bonds is 5. The first-order chi connectivity index (χ1) is 10.1. The summed E-state index contributed by atoms with van der Waals surface area (Å²) < 4.78 is 5.08. The lowest BCUT2D eigenvalue weighted by atomic mass is 10.1. The predicted molar refractivity (Wildman–Crippen MR) is 80.0 cm³/mol. The van der Waals surface area contributed by atoms with E-state index >= 15 is 0 Å². The van der Waals surface area contributed by atoms with E-state index in [1.807, 2.05) is 19.1 Å². The molecule has 110 valence electrons. The fourth-order valence-corrected chi connectivity index (χ4v) is 1.91. The van der Waals surface area contributed by atoms with Gasteiger partial charge in [0.25, 0.3) is 11.5 Å². The monoisotopic (exact) mass is 287 g/mol.